The number of nitrogens with zero attached hydrogens (tertiary/aromatic N) is 5. The van der Waals surface area contributed by atoms with Crippen LogP contribution < -0.4 is 15.5 Å². The maximum Gasteiger partial charge on any atom is 0.260 e. The first-order chi connectivity index (χ1) is 13.7. The normalized spacial score (nSPS) is 31.3. The van der Waals surface area contributed by atoms with Crippen LogP contribution in [0.15, 0.2) is 18.6 Å². The Morgan fingerprint density at radius 1 is 1.34 bits per heavy atom. The summed E-state index contributed by atoms with van der Waals surface area (Å²) in [5, 5.41) is 9.83. The molecule has 0 radical (unpaired) electrons. The number of piperidine rings is 1. The van der Waals surface area contributed by atoms with Gasteiger partial charge in [-0.25, -0.2) is 18.2 Å². The molecule has 154 valence electrons. The first-order valence-corrected chi connectivity index (χ1v) is 9.42. The molecule has 1 amide bonds. The molecule has 11 heteroatoms. The summed E-state index contributed by atoms with van der Waals surface area (Å²) >= 11 is 0. The van der Waals surface area contributed by atoms with E-state index < -0.39 is 35.5 Å². The lowest BCUT2D eigenvalue weighted by atomic mass is 10.2. The Balaban J connectivity index is 1.32. The molecule has 0 spiro atoms. The molecule has 2 saturated carbocycles. The zero-order valence-corrected chi connectivity index (χ0v) is 15.9. The molecule has 1 saturated heterocycles. The Kier molecular flexibility index (Phi) is 3.66. The summed E-state index contributed by atoms with van der Waals surface area (Å²) in [6.45, 7) is 2.78. The number of halogens is 3. The quantitative estimate of drug-likeness (QED) is 0.784. The molecule has 3 fully saturated rings. The van der Waals surface area contributed by atoms with E-state index >= 15 is 0 Å². The van der Waals surface area contributed by atoms with Crippen molar-refractivity contribution in [3.05, 3.63) is 24.4 Å². The average molecular weight is 407 g/mol. The van der Waals surface area contributed by atoms with Gasteiger partial charge in [0.1, 0.15) is 5.92 Å². The van der Waals surface area contributed by atoms with Crippen molar-refractivity contribution in [3.63, 3.8) is 0 Å². The summed E-state index contributed by atoms with van der Waals surface area (Å²) in [4.78, 5) is 22.2. The zero-order chi connectivity index (χ0) is 20.6. The number of alkyl halides is 2. The van der Waals surface area contributed by atoms with Gasteiger partial charge < -0.3 is 15.5 Å². The van der Waals surface area contributed by atoms with Crippen LogP contribution in [0.1, 0.15) is 13.3 Å². The van der Waals surface area contributed by atoms with Gasteiger partial charge in [0.25, 0.3) is 5.92 Å². The van der Waals surface area contributed by atoms with Gasteiger partial charge in [-0.1, -0.05) is 6.92 Å². The second-order valence-electron chi connectivity index (χ2n) is 8.22. The Hall–Kier alpha value is -2.85. The van der Waals surface area contributed by atoms with Crippen LogP contribution >= 0.6 is 0 Å². The van der Waals surface area contributed by atoms with Gasteiger partial charge in [-0.15, -0.1) is 0 Å². The smallest absolute Gasteiger partial charge is 0.260 e. The van der Waals surface area contributed by atoms with Crippen LogP contribution in [0.5, 0.6) is 0 Å². The van der Waals surface area contributed by atoms with E-state index in [0.29, 0.717) is 18.8 Å². The van der Waals surface area contributed by atoms with Crippen molar-refractivity contribution in [1.82, 2.24) is 25.1 Å². The van der Waals surface area contributed by atoms with Crippen LogP contribution in [0.4, 0.5) is 30.6 Å². The number of hydrogen-bond donors (Lipinski definition) is 2. The van der Waals surface area contributed by atoms with Crippen LogP contribution in [0.2, 0.25) is 0 Å². The monoisotopic (exact) mass is 407 g/mol. The number of carbonyl (C=O) groups excluding carboxylic acids is 1. The SMILES string of the molecule is C[C@H]1[C@H]2CN(c3nc(Nc4cnn(C)c4)ncc3F)C[C@@]21NC(=O)[C@H]1CC1(F)F. The Morgan fingerprint density at radius 2 is 2.10 bits per heavy atom. The van der Waals surface area contributed by atoms with Gasteiger partial charge >= 0.3 is 0 Å². The van der Waals surface area contributed by atoms with E-state index in [-0.39, 0.29) is 23.6 Å². The zero-order valence-electron chi connectivity index (χ0n) is 15.9. The first kappa shape index (κ1) is 18.2. The largest absolute Gasteiger partial charge is 0.351 e. The van der Waals surface area contributed by atoms with E-state index in [4.69, 9.17) is 0 Å². The Morgan fingerprint density at radius 3 is 2.76 bits per heavy atom. The highest BCUT2D eigenvalue weighted by Gasteiger charge is 2.70. The third-order valence-corrected chi connectivity index (χ3v) is 6.32. The average Bonchev–Trinajstić information content (AvgIpc) is 3.24. The predicted octanol–water partition coefficient (Wildman–Crippen LogP) is 1.69. The maximum atomic E-state index is 14.4. The summed E-state index contributed by atoms with van der Waals surface area (Å²) in [6.07, 6.45) is 4.01. The van der Waals surface area contributed by atoms with Gasteiger partial charge in [0.2, 0.25) is 11.9 Å². The number of carbonyl (C=O) groups is 1. The van der Waals surface area contributed by atoms with Gasteiger partial charge in [0.15, 0.2) is 11.6 Å². The van der Waals surface area contributed by atoms with Crippen molar-refractivity contribution >= 4 is 23.4 Å². The molecule has 3 heterocycles. The third kappa shape index (κ3) is 2.90. The number of amides is 1. The lowest BCUT2D eigenvalue weighted by Crippen LogP contribution is -2.45. The van der Waals surface area contributed by atoms with E-state index in [0.717, 1.165) is 6.20 Å². The molecule has 5 rings (SSSR count). The van der Waals surface area contributed by atoms with E-state index in [2.05, 4.69) is 25.7 Å². The summed E-state index contributed by atoms with van der Waals surface area (Å²) in [6, 6.07) is 0. The van der Waals surface area contributed by atoms with Crippen molar-refractivity contribution in [2.75, 3.05) is 23.3 Å². The molecular formula is C18H20F3N7O. The maximum absolute atomic E-state index is 14.4. The summed E-state index contributed by atoms with van der Waals surface area (Å²) in [5.41, 5.74) is 0.0569. The number of anilines is 3. The lowest BCUT2D eigenvalue weighted by Gasteiger charge is -2.25. The fraction of sp³-hybridized carbons (Fsp3) is 0.556. The van der Waals surface area contributed by atoms with Gasteiger partial charge in [-0.05, 0) is 5.92 Å². The highest BCUT2D eigenvalue weighted by molar-refractivity contribution is 5.84. The van der Waals surface area contributed by atoms with Crippen LogP contribution in [-0.4, -0.2) is 50.2 Å². The number of hydrogen-bond acceptors (Lipinski definition) is 6. The highest BCUT2D eigenvalue weighted by atomic mass is 19.3. The first-order valence-electron chi connectivity index (χ1n) is 9.42. The van der Waals surface area contributed by atoms with Crippen molar-refractivity contribution in [1.29, 1.82) is 0 Å². The minimum Gasteiger partial charge on any atom is -0.351 e. The molecule has 0 bridgehead atoms. The van der Waals surface area contributed by atoms with Crippen molar-refractivity contribution < 1.29 is 18.0 Å². The van der Waals surface area contributed by atoms with Crippen LogP contribution in [0.3, 0.4) is 0 Å². The molecule has 2 aromatic heterocycles. The summed E-state index contributed by atoms with van der Waals surface area (Å²) in [7, 11) is 1.77. The second-order valence-corrected chi connectivity index (χ2v) is 8.22. The van der Waals surface area contributed by atoms with Crippen molar-refractivity contribution in [3.8, 4) is 0 Å². The van der Waals surface area contributed by atoms with Crippen molar-refractivity contribution in [2.45, 2.75) is 24.8 Å². The number of aryl methyl sites for hydroxylation is 1. The van der Waals surface area contributed by atoms with Crippen LogP contribution in [-0.2, 0) is 11.8 Å². The molecule has 0 unspecified atom stereocenters. The molecule has 1 aliphatic heterocycles. The molecule has 8 nitrogen and oxygen atoms in total. The summed E-state index contributed by atoms with van der Waals surface area (Å²) < 4.78 is 42.5. The minimum atomic E-state index is -2.90. The van der Waals surface area contributed by atoms with E-state index in [9.17, 15) is 18.0 Å². The second kappa shape index (κ2) is 5.83. The molecule has 4 atom stereocenters. The molecule has 29 heavy (non-hydrogen) atoms. The van der Waals surface area contributed by atoms with Gasteiger partial charge in [0, 0.05) is 38.7 Å². The standard InChI is InChI=1S/C18H20F3N7O/c1-9-12-7-28(8-17(9,12)26-15(29)11-3-18(11,20)21)14-13(19)5-22-16(25-14)24-10-4-23-27(2)6-10/h4-6,9,11-12H,3,7-8H2,1-2H3,(H,26,29)(H,22,24,25)/t9-,11+,12+,17-/m0/s1. The van der Waals surface area contributed by atoms with Crippen LogP contribution in [0.25, 0.3) is 0 Å². The minimum absolute atomic E-state index is 0.0721. The number of aromatic nitrogens is 4. The van der Waals surface area contributed by atoms with Gasteiger partial charge in [0.05, 0.1) is 23.6 Å². The molecule has 0 aromatic carbocycles. The molecule has 2 aliphatic carbocycles. The number of rotatable bonds is 5. The van der Waals surface area contributed by atoms with E-state index in [1.165, 1.54) is 0 Å². The molecule has 3 aliphatic rings. The fourth-order valence-electron chi connectivity index (χ4n) is 4.40. The number of nitrogens with one attached hydrogen (secondary N) is 2. The number of fused-ring (bicyclic) bond motifs is 1. The van der Waals surface area contributed by atoms with E-state index in [1.807, 2.05) is 6.92 Å². The van der Waals surface area contributed by atoms with E-state index in [1.54, 1.807) is 29.0 Å². The third-order valence-electron chi connectivity index (χ3n) is 6.32. The fourth-order valence-corrected chi connectivity index (χ4v) is 4.40. The Bertz CT molecular complexity index is 996. The molecule has 2 N–H and O–H groups in total. The summed E-state index contributed by atoms with van der Waals surface area (Å²) in [5.74, 6) is -4.78. The van der Waals surface area contributed by atoms with Gasteiger partial charge in [-0.3, -0.25) is 9.48 Å². The van der Waals surface area contributed by atoms with Crippen LogP contribution in [0, 0.1) is 23.6 Å². The predicted molar refractivity (Wildman–Crippen MR) is 97.3 cm³/mol. The Labute approximate surface area is 164 Å². The highest BCUT2D eigenvalue weighted by Crippen LogP contribution is 2.57. The topological polar surface area (TPSA) is 88.0 Å². The lowest BCUT2D eigenvalue weighted by molar-refractivity contribution is -0.125. The van der Waals surface area contributed by atoms with Gasteiger partial charge in [-0.2, -0.15) is 10.1 Å². The molecule has 2 aromatic rings. The van der Waals surface area contributed by atoms with Crippen molar-refractivity contribution in [2.24, 2.45) is 24.8 Å². The molecular weight excluding hydrogens is 387 g/mol.